The maximum atomic E-state index is 9.82. The zero-order chi connectivity index (χ0) is 13.0. The zero-order valence-corrected chi connectivity index (χ0v) is 11.3. The Bertz CT molecular complexity index is 175. The molecule has 0 aromatic carbocycles. The molecule has 0 aromatic heterocycles. The lowest BCUT2D eigenvalue weighted by Gasteiger charge is -2.30. The standard InChI is InChI=1S/C12H26O4/c1-9(2)7-11(5,13)15-16-12(6,14)8-10(3)4/h9-10,13-14H,7-8H2,1-6H3. The van der Waals surface area contributed by atoms with Crippen LogP contribution in [-0.2, 0) is 9.78 Å². The largest absolute Gasteiger partial charge is 0.363 e. The first-order valence-corrected chi connectivity index (χ1v) is 5.86. The molecule has 4 nitrogen and oxygen atoms in total. The molecule has 0 heterocycles. The van der Waals surface area contributed by atoms with Crippen molar-refractivity contribution in [2.75, 3.05) is 0 Å². The Hall–Kier alpha value is -0.160. The maximum absolute atomic E-state index is 9.82. The van der Waals surface area contributed by atoms with Gasteiger partial charge in [0.25, 0.3) is 0 Å². The molecule has 0 aliphatic heterocycles. The Morgan fingerprint density at radius 3 is 1.25 bits per heavy atom. The highest BCUT2D eigenvalue weighted by atomic mass is 17.2. The van der Waals surface area contributed by atoms with Crippen molar-refractivity contribution in [2.45, 2.75) is 66.0 Å². The van der Waals surface area contributed by atoms with E-state index < -0.39 is 11.6 Å². The van der Waals surface area contributed by atoms with Crippen LogP contribution in [0.15, 0.2) is 0 Å². The number of hydrogen-bond donors (Lipinski definition) is 2. The van der Waals surface area contributed by atoms with Crippen molar-refractivity contribution in [2.24, 2.45) is 11.8 Å². The van der Waals surface area contributed by atoms with E-state index in [1.807, 2.05) is 27.7 Å². The van der Waals surface area contributed by atoms with E-state index in [2.05, 4.69) is 0 Å². The van der Waals surface area contributed by atoms with Crippen LogP contribution in [-0.4, -0.2) is 21.8 Å². The van der Waals surface area contributed by atoms with Crippen molar-refractivity contribution in [3.8, 4) is 0 Å². The lowest BCUT2D eigenvalue weighted by molar-refractivity contribution is -0.490. The predicted octanol–water partition coefficient (Wildman–Crippen LogP) is 2.44. The molecule has 16 heavy (non-hydrogen) atoms. The van der Waals surface area contributed by atoms with Gasteiger partial charge in [0.05, 0.1) is 0 Å². The van der Waals surface area contributed by atoms with Crippen molar-refractivity contribution in [1.82, 2.24) is 0 Å². The highest BCUT2D eigenvalue weighted by Crippen LogP contribution is 2.23. The van der Waals surface area contributed by atoms with E-state index in [1.165, 1.54) is 13.8 Å². The first kappa shape index (κ1) is 15.8. The molecule has 0 spiro atoms. The van der Waals surface area contributed by atoms with Gasteiger partial charge in [-0.05, 0) is 25.7 Å². The molecule has 2 atom stereocenters. The predicted molar refractivity (Wildman–Crippen MR) is 62.3 cm³/mol. The third-order valence-electron chi connectivity index (χ3n) is 1.97. The minimum absolute atomic E-state index is 0.286. The van der Waals surface area contributed by atoms with Gasteiger partial charge in [0.1, 0.15) is 0 Å². The van der Waals surface area contributed by atoms with E-state index in [0.717, 1.165) is 0 Å². The lowest BCUT2D eigenvalue weighted by Crippen LogP contribution is -2.37. The Morgan fingerprint density at radius 2 is 1.06 bits per heavy atom. The van der Waals surface area contributed by atoms with Gasteiger partial charge >= 0.3 is 0 Å². The van der Waals surface area contributed by atoms with Crippen molar-refractivity contribution >= 4 is 0 Å². The van der Waals surface area contributed by atoms with Crippen LogP contribution in [0.3, 0.4) is 0 Å². The van der Waals surface area contributed by atoms with Crippen molar-refractivity contribution in [1.29, 1.82) is 0 Å². The van der Waals surface area contributed by atoms with Gasteiger partial charge in [-0.3, -0.25) is 0 Å². The van der Waals surface area contributed by atoms with E-state index in [-0.39, 0.29) is 11.8 Å². The van der Waals surface area contributed by atoms with Crippen LogP contribution in [0, 0.1) is 11.8 Å². The second kappa shape index (κ2) is 5.96. The molecule has 0 aliphatic rings. The molecule has 0 amide bonds. The Morgan fingerprint density at radius 1 is 0.812 bits per heavy atom. The quantitative estimate of drug-likeness (QED) is 0.403. The fourth-order valence-corrected chi connectivity index (χ4v) is 1.76. The number of aliphatic hydroxyl groups is 2. The summed E-state index contributed by atoms with van der Waals surface area (Å²) in [6.07, 6.45) is 0.898. The van der Waals surface area contributed by atoms with Gasteiger partial charge in [-0.2, -0.15) is 9.78 Å². The van der Waals surface area contributed by atoms with E-state index in [4.69, 9.17) is 9.78 Å². The van der Waals surface area contributed by atoms with Crippen LogP contribution in [0.2, 0.25) is 0 Å². The highest BCUT2D eigenvalue weighted by molar-refractivity contribution is 4.63. The molecule has 0 saturated carbocycles. The van der Waals surface area contributed by atoms with Crippen LogP contribution in [0.5, 0.6) is 0 Å². The summed E-state index contributed by atoms with van der Waals surface area (Å²) in [4.78, 5) is 9.82. The monoisotopic (exact) mass is 234 g/mol. The Kier molecular flexibility index (Phi) is 5.90. The number of rotatable bonds is 7. The van der Waals surface area contributed by atoms with Gasteiger partial charge in [-0.15, -0.1) is 0 Å². The molecular weight excluding hydrogens is 208 g/mol. The van der Waals surface area contributed by atoms with Gasteiger partial charge in [0.2, 0.25) is 0 Å². The lowest BCUT2D eigenvalue weighted by atomic mass is 10.0. The summed E-state index contributed by atoms with van der Waals surface area (Å²) < 4.78 is 0. The Labute approximate surface area is 98.5 Å². The zero-order valence-electron chi connectivity index (χ0n) is 11.3. The van der Waals surface area contributed by atoms with Gasteiger partial charge in [0, 0.05) is 12.8 Å². The normalized spacial score (nSPS) is 19.9. The smallest absolute Gasteiger partial charge is 0.196 e. The van der Waals surface area contributed by atoms with E-state index >= 15 is 0 Å². The van der Waals surface area contributed by atoms with Crippen molar-refractivity contribution in [3.05, 3.63) is 0 Å². The summed E-state index contributed by atoms with van der Waals surface area (Å²) in [5.74, 6) is -2.16. The second-order valence-electron chi connectivity index (χ2n) is 5.71. The van der Waals surface area contributed by atoms with Crippen molar-refractivity contribution < 1.29 is 20.0 Å². The molecule has 0 aromatic rings. The van der Waals surface area contributed by atoms with E-state index in [9.17, 15) is 10.2 Å². The molecule has 0 fully saturated rings. The average molecular weight is 234 g/mol. The summed E-state index contributed by atoms with van der Waals surface area (Å²) in [6.45, 7) is 11.0. The molecular formula is C12H26O4. The fraction of sp³-hybridized carbons (Fsp3) is 1.00. The summed E-state index contributed by atoms with van der Waals surface area (Å²) in [7, 11) is 0. The summed E-state index contributed by atoms with van der Waals surface area (Å²) in [6, 6.07) is 0. The minimum atomic E-state index is -1.37. The van der Waals surface area contributed by atoms with Crippen molar-refractivity contribution in [3.63, 3.8) is 0 Å². The average Bonchev–Trinajstić information content (AvgIpc) is 1.96. The van der Waals surface area contributed by atoms with Gasteiger partial charge < -0.3 is 10.2 Å². The molecule has 2 unspecified atom stereocenters. The van der Waals surface area contributed by atoms with E-state index in [1.54, 1.807) is 0 Å². The van der Waals surface area contributed by atoms with Crippen LogP contribution in [0.4, 0.5) is 0 Å². The number of hydrogen-bond acceptors (Lipinski definition) is 4. The molecule has 98 valence electrons. The van der Waals surface area contributed by atoms with Crippen LogP contribution < -0.4 is 0 Å². The summed E-state index contributed by atoms with van der Waals surface area (Å²) >= 11 is 0. The highest BCUT2D eigenvalue weighted by Gasteiger charge is 2.30. The fourth-order valence-electron chi connectivity index (χ4n) is 1.76. The molecule has 0 rings (SSSR count). The van der Waals surface area contributed by atoms with Crippen LogP contribution >= 0.6 is 0 Å². The molecule has 0 bridgehead atoms. The van der Waals surface area contributed by atoms with E-state index in [0.29, 0.717) is 12.8 Å². The minimum Gasteiger partial charge on any atom is -0.363 e. The first-order valence-electron chi connectivity index (χ1n) is 5.86. The van der Waals surface area contributed by atoms with Crippen LogP contribution in [0.1, 0.15) is 54.4 Å². The van der Waals surface area contributed by atoms with Gasteiger partial charge in [-0.25, -0.2) is 0 Å². The van der Waals surface area contributed by atoms with Gasteiger partial charge in [0.15, 0.2) is 11.6 Å². The topological polar surface area (TPSA) is 58.9 Å². The second-order valence-corrected chi connectivity index (χ2v) is 5.71. The molecule has 4 heteroatoms. The molecule has 0 aliphatic carbocycles. The molecule has 0 radical (unpaired) electrons. The summed E-state index contributed by atoms with van der Waals surface area (Å²) in [5.41, 5.74) is 0. The third-order valence-corrected chi connectivity index (χ3v) is 1.97. The third kappa shape index (κ3) is 8.05. The SMILES string of the molecule is CC(C)CC(C)(O)OOC(C)(O)CC(C)C. The molecule has 0 saturated heterocycles. The molecule has 2 N–H and O–H groups in total. The van der Waals surface area contributed by atoms with Crippen LogP contribution in [0.25, 0.3) is 0 Å². The van der Waals surface area contributed by atoms with Gasteiger partial charge in [-0.1, -0.05) is 27.7 Å². The first-order chi connectivity index (χ1) is 7.04. The summed E-state index contributed by atoms with van der Waals surface area (Å²) in [5, 5.41) is 19.6. The maximum Gasteiger partial charge on any atom is 0.196 e. The Balaban J connectivity index is 4.11.